The van der Waals surface area contributed by atoms with Gasteiger partial charge < -0.3 is 5.11 Å². The molecule has 4 aromatic rings. The van der Waals surface area contributed by atoms with Crippen molar-refractivity contribution in [3.63, 3.8) is 0 Å². The van der Waals surface area contributed by atoms with Crippen molar-refractivity contribution in [2.24, 2.45) is 17.3 Å². The van der Waals surface area contributed by atoms with Crippen molar-refractivity contribution in [1.29, 1.82) is 0 Å². The number of fused-ring (bicyclic) bond motifs is 1. The molecule has 0 aliphatic rings. The number of hydrogen-bond donors (Lipinski definition) is 1. The largest absolute Gasteiger partial charge is 0.512 e. The molecule has 0 fully saturated rings. The summed E-state index contributed by atoms with van der Waals surface area (Å²) in [6.45, 7) is 27.6. The van der Waals surface area contributed by atoms with Gasteiger partial charge in [0.2, 0.25) is 0 Å². The summed E-state index contributed by atoms with van der Waals surface area (Å²) in [6.07, 6.45) is 2.37. The van der Waals surface area contributed by atoms with E-state index in [0.717, 1.165) is 34.3 Å². The van der Waals surface area contributed by atoms with E-state index >= 15 is 0 Å². The molecule has 1 aromatic heterocycles. The SMILES string of the molecule is CC(C)(C)Cc1ccc(-c2cc(-c3[c-]c4ccccc4c(C(C)(C)C)c3)nnc2C(C)(C)C)cc1.CC(C)C(=O)/C=C(\O)C(C)C.[Ir]. The quantitative estimate of drug-likeness (QED) is 0.120. The molecule has 1 radical (unpaired) electrons. The molecule has 0 unspecified atom stereocenters. The van der Waals surface area contributed by atoms with Crippen LogP contribution in [-0.4, -0.2) is 21.1 Å². The van der Waals surface area contributed by atoms with Gasteiger partial charge in [0.1, 0.15) is 0 Å². The number of carbonyl (C=O) groups excluding carboxylic acids is 1. The van der Waals surface area contributed by atoms with Gasteiger partial charge in [0.05, 0.1) is 11.5 Å². The number of aliphatic hydroxyl groups excluding tert-OH is 1. The van der Waals surface area contributed by atoms with E-state index in [1.165, 1.54) is 28.2 Å². The molecule has 0 spiro atoms. The summed E-state index contributed by atoms with van der Waals surface area (Å²) in [5.41, 5.74) is 8.01. The molecule has 47 heavy (non-hydrogen) atoms. The van der Waals surface area contributed by atoms with Crippen LogP contribution in [0, 0.1) is 23.3 Å². The number of rotatable bonds is 6. The third-order valence-corrected chi connectivity index (χ3v) is 7.81. The molecule has 5 heteroatoms. The molecule has 4 nitrogen and oxygen atoms in total. The van der Waals surface area contributed by atoms with Gasteiger partial charge in [-0.2, -0.15) is 10.2 Å². The van der Waals surface area contributed by atoms with Gasteiger partial charge >= 0.3 is 0 Å². The van der Waals surface area contributed by atoms with Crippen molar-refractivity contribution in [3.8, 4) is 22.4 Å². The number of hydrogen-bond acceptors (Lipinski definition) is 4. The Morgan fingerprint density at radius 1 is 0.809 bits per heavy atom. The van der Waals surface area contributed by atoms with Crippen LogP contribution in [0.3, 0.4) is 0 Å². The molecule has 0 saturated heterocycles. The van der Waals surface area contributed by atoms with E-state index in [1.807, 2.05) is 27.7 Å². The monoisotopic (exact) mass is 812 g/mol. The molecule has 0 amide bonds. The van der Waals surface area contributed by atoms with Crippen molar-refractivity contribution < 1.29 is 30.0 Å². The molecular formula is C42H55IrN2O2-. The molecular weight excluding hydrogens is 757 g/mol. The number of benzene rings is 3. The van der Waals surface area contributed by atoms with Gasteiger partial charge in [0.15, 0.2) is 5.78 Å². The number of aromatic nitrogens is 2. The van der Waals surface area contributed by atoms with Crippen molar-refractivity contribution >= 4 is 16.6 Å². The van der Waals surface area contributed by atoms with Crippen LogP contribution in [0.2, 0.25) is 0 Å². The molecule has 1 N–H and O–H groups in total. The molecule has 0 aliphatic heterocycles. The standard InChI is InChI=1S/C33H39N2.C9H16O2.Ir/c1-31(2,3)21-22-14-16-23(17-15-22)27-20-29(34-35-30(27)33(7,8)9)25-18-24-12-10-11-13-26(24)28(19-25)32(4,5)6;1-6(2)8(10)5-9(11)7(3)4;/h10-17,19-20H,21H2,1-9H3;5-7,10H,1-4H3;/q-1;;/b;8-5-;. The smallest absolute Gasteiger partial charge is 0.161 e. The van der Waals surface area contributed by atoms with Gasteiger partial charge in [-0.1, -0.05) is 149 Å². The Hall–Kier alpha value is -3.14. The molecule has 0 aliphatic carbocycles. The van der Waals surface area contributed by atoms with E-state index in [-0.39, 0.29) is 59.7 Å². The number of ketones is 1. The van der Waals surface area contributed by atoms with E-state index < -0.39 is 0 Å². The fourth-order valence-corrected chi connectivity index (χ4v) is 5.18. The maximum absolute atomic E-state index is 11.0. The minimum atomic E-state index is -0.116. The molecule has 1 heterocycles. The van der Waals surface area contributed by atoms with E-state index in [0.29, 0.717) is 0 Å². The van der Waals surface area contributed by atoms with Crippen molar-refractivity contribution in [2.75, 3.05) is 0 Å². The van der Waals surface area contributed by atoms with Gasteiger partial charge in [-0.15, -0.1) is 29.1 Å². The van der Waals surface area contributed by atoms with Crippen molar-refractivity contribution in [2.45, 2.75) is 107 Å². The summed E-state index contributed by atoms with van der Waals surface area (Å²) in [4.78, 5) is 11.0. The summed E-state index contributed by atoms with van der Waals surface area (Å²) in [6, 6.07) is 25.6. The molecule has 0 atom stereocenters. The van der Waals surface area contributed by atoms with Crippen LogP contribution in [0.15, 0.2) is 72.5 Å². The van der Waals surface area contributed by atoms with E-state index in [9.17, 15) is 9.90 Å². The van der Waals surface area contributed by atoms with Gasteiger partial charge in [0.25, 0.3) is 0 Å². The van der Waals surface area contributed by atoms with Gasteiger partial charge in [0, 0.05) is 54.7 Å². The van der Waals surface area contributed by atoms with Crippen molar-refractivity contribution in [3.05, 3.63) is 95.4 Å². The minimum absolute atomic E-state index is 0. The van der Waals surface area contributed by atoms with Gasteiger partial charge in [-0.05, 0) is 28.4 Å². The van der Waals surface area contributed by atoms with Crippen LogP contribution in [0.1, 0.15) is 107 Å². The average Bonchev–Trinajstić information content (AvgIpc) is 2.95. The van der Waals surface area contributed by atoms with Crippen molar-refractivity contribution in [1.82, 2.24) is 10.2 Å². The Balaban J connectivity index is 0.000000551. The zero-order chi connectivity index (χ0) is 34.6. The summed E-state index contributed by atoms with van der Waals surface area (Å²) in [5, 5.41) is 21.1. The first-order valence-electron chi connectivity index (χ1n) is 16.5. The van der Waals surface area contributed by atoms with Crippen LogP contribution in [0.25, 0.3) is 33.2 Å². The zero-order valence-electron chi connectivity index (χ0n) is 30.8. The number of aliphatic hydroxyl groups is 1. The van der Waals surface area contributed by atoms with Crippen LogP contribution in [-0.2, 0) is 42.2 Å². The first-order valence-corrected chi connectivity index (χ1v) is 16.5. The summed E-state index contributed by atoms with van der Waals surface area (Å²) in [7, 11) is 0. The van der Waals surface area contributed by atoms with E-state index in [4.69, 9.17) is 10.2 Å². The first kappa shape index (κ1) is 40.0. The molecule has 0 bridgehead atoms. The third kappa shape index (κ3) is 11.2. The Kier molecular flexibility index (Phi) is 13.5. The van der Waals surface area contributed by atoms with E-state index in [2.05, 4.69) is 129 Å². The normalized spacial score (nSPS) is 12.5. The summed E-state index contributed by atoms with van der Waals surface area (Å²) >= 11 is 0. The van der Waals surface area contributed by atoms with E-state index in [1.54, 1.807) is 0 Å². The Labute approximate surface area is 297 Å². The van der Waals surface area contributed by atoms with Gasteiger partial charge in [-0.3, -0.25) is 4.79 Å². The summed E-state index contributed by atoms with van der Waals surface area (Å²) < 4.78 is 0. The number of carbonyl (C=O) groups is 1. The molecule has 3 aromatic carbocycles. The number of allylic oxidation sites excluding steroid dienone is 2. The Bertz CT molecular complexity index is 1680. The fraction of sp³-hybridized carbons (Fsp3) is 0.452. The Morgan fingerprint density at radius 3 is 1.91 bits per heavy atom. The number of nitrogens with zero attached hydrogens (tertiary/aromatic N) is 2. The average molecular weight is 812 g/mol. The van der Waals surface area contributed by atoms with Crippen LogP contribution in [0.5, 0.6) is 0 Å². The maximum Gasteiger partial charge on any atom is 0.161 e. The minimum Gasteiger partial charge on any atom is -0.512 e. The molecule has 0 saturated carbocycles. The predicted octanol–water partition coefficient (Wildman–Crippen LogP) is 11.3. The first-order chi connectivity index (χ1) is 21.2. The topological polar surface area (TPSA) is 63.1 Å². The molecule has 4 rings (SSSR count). The second-order valence-electron chi connectivity index (χ2n) is 16.3. The fourth-order valence-electron chi connectivity index (χ4n) is 5.18. The summed E-state index contributed by atoms with van der Waals surface area (Å²) in [5.74, 6) is 0.161. The second kappa shape index (κ2) is 15.8. The molecule has 255 valence electrons. The second-order valence-corrected chi connectivity index (χ2v) is 16.3. The van der Waals surface area contributed by atoms with Crippen LogP contribution >= 0.6 is 0 Å². The third-order valence-electron chi connectivity index (χ3n) is 7.81. The maximum atomic E-state index is 11.0. The van der Waals surface area contributed by atoms with Crippen LogP contribution in [0.4, 0.5) is 0 Å². The Morgan fingerprint density at radius 2 is 1.40 bits per heavy atom. The van der Waals surface area contributed by atoms with Gasteiger partial charge in [-0.25, -0.2) is 0 Å². The predicted molar refractivity (Wildman–Crippen MR) is 195 cm³/mol. The zero-order valence-corrected chi connectivity index (χ0v) is 33.2. The van der Waals surface area contributed by atoms with Crippen LogP contribution < -0.4 is 0 Å².